The lowest BCUT2D eigenvalue weighted by atomic mass is 10.0. The monoisotopic (exact) mass is 213 g/mol. The van der Waals surface area contributed by atoms with Gasteiger partial charge in [-0.05, 0) is 26.3 Å². The zero-order valence-corrected chi connectivity index (χ0v) is 9.16. The van der Waals surface area contributed by atoms with Crippen molar-refractivity contribution in [1.82, 2.24) is 10.2 Å². The molecule has 1 aliphatic rings. The Labute approximate surface area is 90.0 Å². The highest BCUT2D eigenvalue weighted by molar-refractivity contribution is 5.86. The Morgan fingerprint density at radius 3 is 2.67 bits per heavy atom. The molecule has 2 amide bonds. The predicted molar refractivity (Wildman–Crippen MR) is 57.1 cm³/mol. The second-order valence-corrected chi connectivity index (χ2v) is 3.82. The minimum atomic E-state index is -0.457. The third kappa shape index (κ3) is 3.51. The number of carbonyl (C=O) groups is 2. The number of piperidine rings is 1. The van der Waals surface area contributed by atoms with Gasteiger partial charge in [0.05, 0.1) is 12.6 Å². The van der Waals surface area contributed by atoms with E-state index in [9.17, 15) is 9.59 Å². The summed E-state index contributed by atoms with van der Waals surface area (Å²) in [6, 6.07) is -0.127. The van der Waals surface area contributed by atoms with Crippen molar-refractivity contribution in [2.45, 2.75) is 32.2 Å². The van der Waals surface area contributed by atoms with Gasteiger partial charge in [-0.2, -0.15) is 0 Å². The molecule has 5 nitrogen and oxygen atoms in total. The number of likely N-dealkylation sites (N-methyl/N-ethyl adjacent to an activating group) is 1. The number of nitrogens with two attached hydrogens (primary N) is 1. The normalized spacial score (nSPS) is 21.0. The van der Waals surface area contributed by atoms with Gasteiger partial charge < -0.3 is 16.0 Å². The van der Waals surface area contributed by atoms with Gasteiger partial charge in [-0.3, -0.25) is 9.59 Å². The number of hydrogen-bond acceptors (Lipinski definition) is 3. The van der Waals surface area contributed by atoms with E-state index >= 15 is 0 Å². The van der Waals surface area contributed by atoms with Gasteiger partial charge in [-0.1, -0.05) is 6.42 Å². The standard InChI is InChI=1S/C10H19N3O2/c1-2-13(7-9(11)14)10(15)8-5-3-4-6-12-8/h8,12H,2-7H2,1H3,(H2,11,14). The second-order valence-electron chi connectivity index (χ2n) is 3.82. The van der Waals surface area contributed by atoms with Crippen LogP contribution in [0.25, 0.3) is 0 Å². The summed E-state index contributed by atoms with van der Waals surface area (Å²) in [6.45, 7) is 3.28. The molecule has 0 aromatic carbocycles. The van der Waals surface area contributed by atoms with E-state index in [1.165, 1.54) is 4.90 Å². The van der Waals surface area contributed by atoms with Crippen LogP contribution in [0.1, 0.15) is 26.2 Å². The van der Waals surface area contributed by atoms with E-state index in [1.807, 2.05) is 6.92 Å². The van der Waals surface area contributed by atoms with E-state index in [2.05, 4.69) is 5.32 Å². The molecule has 0 radical (unpaired) electrons. The molecule has 0 spiro atoms. The van der Waals surface area contributed by atoms with Crippen LogP contribution in [0, 0.1) is 0 Å². The third-order valence-electron chi connectivity index (χ3n) is 2.65. The molecule has 0 aliphatic carbocycles. The van der Waals surface area contributed by atoms with Crippen LogP contribution >= 0.6 is 0 Å². The van der Waals surface area contributed by atoms with E-state index in [0.29, 0.717) is 6.54 Å². The second kappa shape index (κ2) is 5.70. The fourth-order valence-corrected chi connectivity index (χ4v) is 1.82. The van der Waals surface area contributed by atoms with Crippen molar-refractivity contribution in [3.05, 3.63) is 0 Å². The first-order valence-corrected chi connectivity index (χ1v) is 5.45. The van der Waals surface area contributed by atoms with Crippen LogP contribution in [0.15, 0.2) is 0 Å². The van der Waals surface area contributed by atoms with Crippen LogP contribution in [-0.4, -0.2) is 42.4 Å². The smallest absolute Gasteiger partial charge is 0.240 e. The van der Waals surface area contributed by atoms with Gasteiger partial charge in [0.15, 0.2) is 0 Å². The molecule has 1 heterocycles. The molecule has 86 valence electrons. The molecule has 1 saturated heterocycles. The van der Waals surface area contributed by atoms with Gasteiger partial charge in [0.1, 0.15) is 0 Å². The van der Waals surface area contributed by atoms with Crippen LogP contribution in [-0.2, 0) is 9.59 Å². The van der Waals surface area contributed by atoms with Crippen molar-refractivity contribution in [2.24, 2.45) is 5.73 Å². The minimum absolute atomic E-state index is 0.00370. The summed E-state index contributed by atoms with van der Waals surface area (Å²) >= 11 is 0. The van der Waals surface area contributed by atoms with Gasteiger partial charge in [0.25, 0.3) is 0 Å². The molecule has 1 aliphatic heterocycles. The molecular weight excluding hydrogens is 194 g/mol. The predicted octanol–water partition coefficient (Wildman–Crippen LogP) is -0.538. The van der Waals surface area contributed by atoms with Crippen LogP contribution < -0.4 is 11.1 Å². The highest BCUT2D eigenvalue weighted by atomic mass is 16.2. The topological polar surface area (TPSA) is 75.4 Å². The Morgan fingerprint density at radius 2 is 2.20 bits per heavy atom. The molecular formula is C10H19N3O2. The summed E-state index contributed by atoms with van der Waals surface area (Å²) in [6.07, 6.45) is 3.04. The molecule has 3 N–H and O–H groups in total. The highest BCUT2D eigenvalue weighted by Gasteiger charge is 2.25. The molecule has 15 heavy (non-hydrogen) atoms. The summed E-state index contributed by atoms with van der Waals surface area (Å²) in [5.74, 6) is -0.461. The molecule has 0 bridgehead atoms. The van der Waals surface area contributed by atoms with Crippen molar-refractivity contribution in [1.29, 1.82) is 0 Å². The number of rotatable bonds is 4. The maximum Gasteiger partial charge on any atom is 0.240 e. The molecule has 1 rings (SSSR count). The van der Waals surface area contributed by atoms with E-state index in [0.717, 1.165) is 25.8 Å². The van der Waals surface area contributed by atoms with E-state index in [-0.39, 0.29) is 18.5 Å². The maximum atomic E-state index is 11.9. The Kier molecular flexibility index (Phi) is 4.55. The van der Waals surface area contributed by atoms with E-state index < -0.39 is 5.91 Å². The lowest BCUT2D eigenvalue weighted by molar-refractivity contribution is -0.137. The lowest BCUT2D eigenvalue weighted by Gasteiger charge is -2.28. The molecule has 0 saturated carbocycles. The number of amides is 2. The number of carbonyl (C=O) groups excluding carboxylic acids is 2. The van der Waals surface area contributed by atoms with Crippen molar-refractivity contribution in [3.63, 3.8) is 0 Å². The van der Waals surface area contributed by atoms with Crippen LogP contribution in [0.4, 0.5) is 0 Å². The Balaban J connectivity index is 2.50. The zero-order valence-electron chi connectivity index (χ0n) is 9.16. The molecule has 1 fully saturated rings. The summed E-state index contributed by atoms with van der Waals surface area (Å²) in [4.78, 5) is 24.2. The summed E-state index contributed by atoms with van der Waals surface area (Å²) < 4.78 is 0. The van der Waals surface area contributed by atoms with E-state index in [4.69, 9.17) is 5.73 Å². The van der Waals surface area contributed by atoms with Gasteiger partial charge in [-0.25, -0.2) is 0 Å². The Hall–Kier alpha value is -1.10. The maximum absolute atomic E-state index is 11.9. The summed E-state index contributed by atoms with van der Waals surface area (Å²) in [7, 11) is 0. The van der Waals surface area contributed by atoms with Crippen LogP contribution in [0.2, 0.25) is 0 Å². The largest absolute Gasteiger partial charge is 0.368 e. The first kappa shape index (κ1) is 12.0. The first-order valence-electron chi connectivity index (χ1n) is 5.45. The lowest BCUT2D eigenvalue weighted by Crippen LogP contribution is -2.50. The van der Waals surface area contributed by atoms with Crippen molar-refractivity contribution >= 4 is 11.8 Å². The number of nitrogens with zero attached hydrogens (tertiary/aromatic N) is 1. The first-order chi connectivity index (χ1) is 7.15. The van der Waals surface area contributed by atoms with Gasteiger partial charge in [0, 0.05) is 6.54 Å². The molecule has 1 atom stereocenters. The van der Waals surface area contributed by atoms with Crippen molar-refractivity contribution in [3.8, 4) is 0 Å². The van der Waals surface area contributed by atoms with Crippen molar-refractivity contribution in [2.75, 3.05) is 19.6 Å². The SMILES string of the molecule is CCN(CC(N)=O)C(=O)C1CCCCN1. The summed E-state index contributed by atoms with van der Waals surface area (Å²) in [5, 5.41) is 3.16. The van der Waals surface area contributed by atoms with Crippen molar-refractivity contribution < 1.29 is 9.59 Å². The highest BCUT2D eigenvalue weighted by Crippen LogP contribution is 2.09. The fourth-order valence-electron chi connectivity index (χ4n) is 1.82. The minimum Gasteiger partial charge on any atom is -0.368 e. The number of primary amides is 1. The Morgan fingerprint density at radius 1 is 1.47 bits per heavy atom. The van der Waals surface area contributed by atoms with E-state index in [1.54, 1.807) is 0 Å². The van der Waals surface area contributed by atoms with Gasteiger partial charge >= 0.3 is 0 Å². The number of nitrogens with one attached hydrogen (secondary N) is 1. The molecule has 0 aromatic rings. The molecule has 5 heteroatoms. The Bertz CT molecular complexity index is 237. The average molecular weight is 213 g/mol. The zero-order chi connectivity index (χ0) is 11.3. The average Bonchev–Trinajstić information content (AvgIpc) is 2.26. The van der Waals surface area contributed by atoms with Crippen LogP contribution in [0.5, 0.6) is 0 Å². The third-order valence-corrected chi connectivity index (χ3v) is 2.65. The summed E-state index contributed by atoms with van der Waals surface area (Å²) in [5.41, 5.74) is 5.08. The van der Waals surface area contributed by atoms with Crippen LogP contribution in [0.3, 0.4) is 0 Å². The molecule has 1 unspecified atom stereocenters. The van der Waals surface area contributed by atoms with Gasteiger partial charge in [-0.15, -0.1) is 0 Å². The fraction of sp³-hybridized carbons (Fsp3) is 0.800. The van der Waals surface area contributed by atoms with Gasteiger partial charge in [0.2, 0.25) is 11.8 Å². The molecule has 0 aromatic heterocycles. The quantitative estimate of drug-likeness (QED) is 0.658. The number of hydrogen-bond donors (Lipinski definition) is 2.